The Morgan fingerprint density at radius 2 is 2.36 bits per heavy atom. The Hall–Kier alpha value is -1.75. The van der Waals surface area contributed by atoms with E-state index in [9.17, 15) is 0 Å². The van der Waals surface area contributed by atoms with Crippen molar-refractivity contribution in [3.63, 3.8) is 0 Å². The molecule has 2 aromatic heterocycles. The molecule has 0 fully saturated rings. The van der Waals surface area contributed by atoms with Crippen LogP contribution < -0.4 is 5.32 Å². The number of rotatable bonds is 3. The third-order valence-corrected chi connectivity index (χ3v) is 1.71. The average molecular weight is 190 g/mol. The van der Waals surface area contributed by atoms with Crippen LogP contribution in [0.3, 0.4) is 0 Å². The molecule has 1 N–H and O–H groups in total. The molecule has 2 rings (SSSR count). The first-order valence-corrected chi connectivity index (χ1v) is 4.26. The van der Waals surface area contributed by atoms with Crippen LogP contribution in [0, 0.1) is 0 Å². The number of nitrogens with one attached hydrogen (secondary N) is 1. The fourth-order valence-corrected chi connectivity index (χ4v) is 1.10. The molecule has 0 amide bonds. The van der Waals surface area contributed by atoms with Crippen molar-refractivity contribution in [3.05, 3.63) is 30.5 Å². The summed E-state index contributed by atoms with van der Waals surface area (Å²) in [6, 6.07) is 1.76. The summed E-state index contributed by atoms with van der Waals surface area (Å²) in [6.45, 7) is 0.665. The topological polar surface area (TPSA) is 63.8 Å². The average Bonchev–Trinajstić information content (AvgIpc) is 2.68. The molecule has 14 heavy (non-hydrogen) atoms. The highest BCUT2D eigenvalue weighted by Gasteiger charge is 2.06. The lowest BCUT2D eigenvalue weighted by molar-refractivity contribution is 0.502. The van der Waals surface area contributed by atoms with Gasteiger partial charge in [0, 0.05) is 6.20 Å². The van der Waals surface area contributed by atoms with Crippen molar-refractivity contribution >= 4 is 0 Å². The predicted molar refractivity (Wildman–Crippen MR) is 50.3 cm³/mol. The van der Waals surface area contributed by atoms with Gasteiger partial charge < -0.3 is 9.73 Å². The van der Waals surface area contributed by atoms with E-state index in [1.54, 1.807) is 18.5 Å². The van der Waals surface area contributed by atoms with Gasteiger partial charge in [-0.2, -0.15) is 0 Å². The Morgan fingerprint density at radius 1 is 1.43 bits per heavy atom. The van der Waals surface area contributed by atoms with Crippen LogP contribution in [0.4, 0.5) is 0 Å². The molecular weight excluding hydrogens is 180 g/mol. The largest absolute Gasteiger partial charge is 0.439 e. The molecule has 0 aromatic carbocycles. The zero-order valence-electron chi connectivity index (χ0n) is 7.77. The van der Waals surface area contributed by atoms with Crippen molar-refractivity contribution in [2.24, 2.45) is 0 Å². The van der Waals surface area contributed by atoms with E-state index in [-0.39, 0.29) is 0 Å². The summed E-state index contributed by atoms with van der Waals surface area (Å²) in [6.07, 6.45) is 4.81. The Balaban J connectivity index is 2.25. The van der Waals surface area contributed by atoms with Gasteiger partial charge in [-0.15, -0.1) is 0 Å². The molecule has 0 aliphatic heterocycles. The van der Waals surface area contributed by atoms with E-state index >= 15 is 0 Å². The van der Waals surface area contributed by atoms with Gasteiger partial charge in [0.05, 0.1) is 12.7 Å². The van der Waals surface area contributed by atoms with Gasteiger partial charge in [-0.25, -0.2) is 15.0 Å². The zero-order chi connectivity index (χ0) is 9.80. The lowest BCUT2D eigenvalue weighted by Crippen LogP contribution is -2.03. The Bertz CT molecular complexity index is 398. The quantitative estimate of drug-likeness (QED) is 0.777. The summed E-state index contributed by atoms with van der Waals surface area (Å²) in [4.78, 5) is 12.0. The van der Waals surface area contributed by atoms with Crippen LogP contribution in [0.5, 0.6) is 0 Å². The molecule has 0 unspecified atom stereocenters. The summed E-state index contributed by atoms with van der Waals surface area (Å²) >= 11 is 0. The SMILES string of the molecule is CNCc1cnc(-c2ccncn2)o1. The molecule has 2 heterocycles. The van der Waals surface area contributed by atoms with Crippen molar-refractivity contribution in [1.29, 1.82) is 0 Å². The van der Waals surface area contributed by atoms with E-state index in [0.29, 0.717) is 18.1 Å². The van der Waals surface area contributed by atoms with Gasteiger partial charge in [0.25, 0.3) is 0 Å². The van der Waals surface area contributed by atoms with E-state index in [2.05, 4.69) is 20.3 Å². The Kier molecular flexibility index (Phi) is 2.51. The lowest BCUT2D eigenvalue weighted by atomic mass is 10.4. The fourth-order valence-electron chi connectivity index (χ4n) is 1.10. The van der Waals surface area contributed by atoms with Gasteiger partial charge in [0.15, 0.2) is 0 Å². The molecule has 0 aliphatic carbocycles. The van der Waals surface area contributed by atoms with Gasteiger partial charge in [0.1, 0.15) is 17.8 Å². The molecule has 0 saturated carbocycles. The van der Waals surface area contributed by atoms with Crippen LogP contribution in [0.25, 0.3) is 11.6 Å². The monoisotopic (exact) mass is 190 g/mol. The molecular formula is C9H10N4O. The van der Waals surface area contributed by atoms with Crippen molar-refractivity contribution in [2.75, 3.05) is 7.05 Å². The third-order valence-electron chi connectivity index (χ3n) is 1.71. The molecule has 0 bridgehead atoms. The van der Waals surface area contributed by atoms with Crippen LogP contribution in [-0.4, -0.2) is 22.0 Å². The maximum Gasteiger partial charge on any atom is 0.245 e. The van der Waals surface area contributed by atoms with E-state index in [0.717, 1.165) is 5.76 Å². The van der Waals surface area contributed by atoms with Crippen LogP contribution >= 0.6 is 0 Å². The summed E-state index contributed by atoms with van der Waals surface area (Å²) in [5, 5.41) is 2.98. The van der Waals surface area contributed by atoms with Crippen molar-refractivity contribution in [2.45, 2.75) is 6.54 Å². The molecule has 0 aliphatic rings. The first-order chi connectivity index (χ1) is 6.90. The number of hydrogen-bond donors (Lipinski definition) is 1. The maximum atomic E-state index is 5.45. The molecule has 0 atom stereocenters. The smallest absolute Gasteiger partial charge is 0.245 e. The fraction of sp³-hybridized carbons (Fsp3) is 0.222. The van der Waals surface area contributed by atoms with Crippen LogP contribution in [-0.2, 0) is 6.54 Å². The van der Waals surface area contributed by atoms with Crippen molar-refractivity contribution < 1.29 is 4.42 Å². The van der Waals surface area contributed by atoms with Crippen molar-refractivity contribution in [1.82, 2.24) is 20.3 Å². The van der Waals surface area contributed by atoms with Crippen LogP contribution in [0.15, 0.2) is 29.2 Å². The van der Waals surface area contributed by atoms with Gasteiger partial charge in [-0.1, -0.05) is 0 Å². The number of aromatic nitrogens is 3. The summed E-state index contributed by atoms with van der Waals surface area (Å²) < 4.78 is 5.45. The number of nitrogens with zero attached hydrogens (tertiary/aromatic N) is 3. The van der Waals surface area contributed by atoms with E-state index < -0.39 is 0 Å². The second-order valence-electron chi connectivity index (χ2n) is 2.76. The first kappa shape index (κ1) is 8.83. The van der Waals surface area contributed by atoms with Crippen LogP contribution in [0.1, 0.15) is 5.76 Å². The Morgan fingerprint density at radius 3 is 3.07 bits per heavy atom. The van der Waals surface area contributed by atoms with E-state index in [4.69, 9.17) is 4.42 Å². The molecule has 0 saturated heterocycles. The van der Waals surface area contributed by atoms with Gasteiger partial charge >= 0.3 is 0 Å². The second-order valence-corrected chi connectivity index (χ2v) is 2.76. The van der Waals surface area contributed by atoms with Gasteiger partial charge in [-0.05, 0) is 13.1 Å². The van der Waals surface area contributed by atoms with E-state index in [1.165, 1.54) is 6.33 Å². The molecule has 2 aromatic rings. The minimum absolute atomic E-state index is 0.526. The number of hydrogen-bond acceptors (Lipinski definition) is 5. The summed E-state index contributed by atoms with van der Waals surface area (Å²) in [7, 11) is 1.85. The molecule has 0 radical (unpaired) electrons. The highest BCUT2D eigenvalue weighted by Crippen LogP contribution is 2.15. The Labute approximate surface area is 81.2 Å². The summed E-state index contributed by atoms with van der Waals surface area (Å²) in [5.74, 6) is 1.32. The highest BCUT2D eigenvalue weighted by molar-refractivity contribution is 5.44. The second kappa shape index (κ2) is 3.97. The van der Waals surface area contributed by atoms with Gasteiger partial charge in [0.2, 0.25) is 5.89 Å². The number of oxazole rings is 1. The molecule has 5 nitrogen and oxygen atoms in total. The minimum atomic E-state index is 0.526. The highest BCUT2D eigenvalue weighted by atomic mass is 16.4. The third kappa shape index (κ3) is 1.77. The maximum absolute atomic E-state index is 5.45. The van der Waals surface area contributed by atoms with Crippen LogP contribution in [0.2, 0.25) is 0 Å². The van der Waals surface area contributed by atoms with Gasteiger partial charge in [-0.3, -0.25) is 0 Å². The molecule has 0 spiro atoms. The minimum Gasteiger partial charge on any atom is -0.439 e. The van der Waals surface area contributed by atoms with Crippen molar-refractivity contribution in [3.8, 4) is 11.6 Å². The van der Waals surface area contributed by atoms with E-state index in [1.807, 2.05) is 7.05 Å². The zero-order valence-corrected chi connectivity index (χ0v) is 7.77. The normalized spacial score (nSPS) is 10.4. The predicted octanol–water partition coefficient (Wildman–Crippen LogP) is 0.851. The first-order valence-electron chi connectivity index (χ1n) is 4.26. The standard InChI is InChI=1S/C9H10N4O/c1-10-4-7-5-12-9(14-7)8-2-3-11-6-13-8/h2-3,5-6,10H,4H2,1H3. The summed E-state index contributed by atoms with van der Waals surface area (Å²) in [5.41, 5.74) is 0.697. The molecule has 5 heteroatoms. The lowest BCUT2D eigenvalue weighted by Gasteiger charge is -1.93. The molecule has 72 valence electrons.